The number of rotatable bonds is 5. The summed E-state index contributed by atoms with van der Waals surface area (Å²) in [6, 6.07) is 3.70. The highest BCUT2D eigenvalue weighted by Gasteiger charge is 2.19. The van der Waals surface area contributed by atoms with Gasteiger partial charge >= 0.3 is 12.0 Å². The van der Waals surface area contributed by atoms with E-state index < -0.39 is 18.0 Å². The summed E-state index contributed by atoms with van der Waals surface area (Å²) in [5.41, 5.74) is 2.73. The largest absolute Gasteiger partial charge is 0.480 e. The number of hydrogen-bond acceptors (Lipinski definition) is 3. The van der Waals surface area contributed by atoms with Crippen molar-refractivity contribution in [1.82, 2.24) is 5.32 Å². The van der Waals surface area contributed by atoms with Crippen LogP contribution < -0.4 is 10.6 Å². The number of benzene rings is 1. The van der Waals surface area contributed by atoms with Crippen LogP contribution in [-0.4, -0.2) is 34.9 Å². The summed E-state index contributed by atoms with van der Waals surface area (Å²) in [5.74, 6) is -1.18. The highest BCUT2D eigenvalue weighted by atomic mass is 16.4. The van der Waals surface area contributed by atoms with Crippen molar-refractivity contribution >= 4 is 17.7 Å². The number of aryl methyl sites for hydroxylation is 2. The summed E-state index contributed by atoms with van der Waals surface area (Å²) < 4.78 is 0. The van der Waals surface area contributed by atoms with Crippen LogP contribution in [0, 0.1) is 13.8 Å². The lowest BCUT2D eigenvalue weighted by atomic mass is 10.1. The molecule has 0 aromatic heterocycles. The van der Waals surface area contributed by atoms with Gasteiger partial charge in [0, 0.05) is 18.7 Å². The third-order valence-electron chi connectivity index (χ3n) is 2.79. The molecule has 1 atom stereocenters. The van der Waals surface area contributed by atoms with Gasteiger partial charge in [0.05, 0.1) is 0 Å². The fourth-order valence-corrected chi connectivity index (χ4v) is 1.53. The number of anilines is 1. The summed E-state index contributed by atoms with van der Waals surface area (Å²) in [5, 5.41) is 22.4. The van der Waals surface area contributed by atoms with Gasteiger partial charge in [0.1, 0.15) is 6.04 Å². The van der Waals surface area contributed by atoms with E-state index in [4.69, 9.17) is 10.2 Å². The molecule has 19 heavy (non-hydrogen) atoms. The molecule has 0 radical (unpaired) electrons. The lowest BCUT2D eigenvalue weighted by Crippen LogP contribution is -2.43. The number of carbonyl (C=O) groups excluding carboxylic acids is 1. The molecule has 0 heterocycles. The van der Waals surface area contributed by atoms with Gasteiger partial charge in [-0.2, -0.15) is 0 Å². The van der Waals surface area contributed by atoms with E-state index in [2.05, 4.69) is 10.6 Å². The van der Waals surface area contributed by atoms with Crippen molar-refractivity contribution in [1.29, 1.82) is 0 Å². The van der Waals surface area contributed by atoms with E-state index in [0.29, 0.717) is 5.69 Å². The Balaban J connectivity index is 2.63. The lowest BCUT2D eigenvalue weighted by Gasteiger charge is -2.14. The van der Waals surface area contributed by atoms with Gasteiger partial charge in [-0.25, -0.2) is 9.59 Å². The normalized spacial score (nSPS) is 11.7. The van der Waals surface area contributed by atoms with Gasteiger partial charge in [0.2, 0.25) is 0 Å². The molecule has 0 aliphatic carbocycles. The topological polar surface area (TPSA) is 98.7 Å². The molecule has 6 nitrogen and oxygen atoms in total. The van der Waals surface area contributed by atoms with E-state index in [1.54, 1.807) is 12.1 Å². The Hall–Kier alpha value is -2.08. The van der Waals surface area contributed by atoms with Gasteiger partial charge in [-0.1, -0.05) is 6.07 Å². The van der Waals surface area contributed by atoms with Crippen LogP contribution >= 0.6 is 0 Å². The minimum absolute atomic E-state index is 0.0321. The Morgan fingerprint density at radius 3 is 2.47 bits per heavy atom. The van der Waals surface area contributed by atoms with Gasteiger partial charge < -0.3 is 20.8 Å². The van der Waals surface area contributed by atoms with E-state index in [0.717, 1.165) is 11.1 Å². The summed E-state index contributed by atoms with van der Waals surface area (Å²) in [6.07, 6.45) is -0.0321. The zero-order valence-electron chi connectivity index (χ0n) is 10.9. The van der Waals surface area contributed by atoms with Crippen molar-refractivity contribution in [3.05, 3.63) is 29.3 Å². The van der Waals surface area contributed by atoms with Gasteiger partial charge in [-0.05, 0) is 37.1 Å². The predicted octanol–water partition coefficient (Wildman–Crippen LogP) is 1.26. The molecule has 0 saturated heterocycles. The molecule has 0 unspecified atom stereocenters. The van der Waals surface area contributed by atoms with Crippen molar-refractivity contribution in [2.75, 3.05) is 11.9 Å². The van der Waals surface area contributed by atoms with Crippen LogP contribution in [-0.2, 0) is 4.79 Å². The SMILES string of the molecule is Cc1ccc(NC(=O)N[C@@H](CCO)C(=O)O)cc1C. The molecule has 0 fully saturated rings. The maximum atomic E-state index is 11.6. The Morgan fingerprint density at radius 1 is 1.26 bits per heavy atom. The second-order valence-electron chi connectivity index (χ2n) is 4.30. The first-order valence-electron chi connectivity index (χ1n) is 5.92. The molecule has 1 aromatic rings. The lowest BCUT2D eigenvalue weighted by molar-refractivity contribution is -0.139. The van der Waals surface area contributed by atoms with E-state index in [1.807, 2.05) is 19.9 Å². The number of carboxylic acids is 1. The third-order valence-corrected chi connectivity index (χ3v) is 2.79. The molecular formula is C13H18N2O4. The molecule has 1 aromatic carbocycles. The molecule has 0 saturated carbocycles. The smallest absolute Gasteiger partial charge is 0.326 e. The number of urea groups is 1. The van der Waals surface area contributed by atoms with Crippen LogP contribution in [0.3, 0.4) is 0 Å². The van der Waals surface area contributed by atoms with Crippen LogP contribution in [0.25, 0.3) is 0 Å². The maximum Gasteiger partial charge on any atom is 0.326 e. The Kier molecular flexibility index (Phi) is 5.32. The molecule has 0 aliphatic heterocycles. The molecule has 104 valence electrons. The summed E-state index contributed by atoms with van der Waals surface area (Å²) in [6.45, 7) is 3.58. The number of carboxylic acid groups (broad SMARTS) is 1. The number of aliphatic carboxylic acids is 1. The third kappa shape index (κ3) is 4.59. The van der Waals surface area contributed by atoms with Crippen LogP contribution in [0.4, 0.5) is 10.5 Å². The van der Waals surface area contributed by atoms with Crippen LogP contribution in [0.15, 0.2) is 18.2 Å². The Labute approximate surface area is 111 Å². The zero-order chi connectivity index (χ0) is 14.4. The fraction of sp³-hybridized carbons (Fsp3) is 0.385. The monoisotopic (exact) mass is 266 g/mol. The summed E-state index contributed by atoms with van der Waals surface area (Å²) in [7, 11) is 0. The molecule has 0 aliphatic rings. The molecule has 1 rings (SSSR count). The van der Waals surface area contributed by atoms with Crippen molar-refractivity contribution in [2.45, 2.75) is 26.3 Å². The number of aliphatic hydroxyl groups is 1. The van der Waals surface area contributed by atoms with Crippen LogP contribution in [0.5, 0.6) is 0 Å². The Bertz CT molecular complexity index is 474. The first kappa shape index (κ1) is 15.0. The fourth-order valence-electron chi connectivity index (χ4n) is 1.53. The second kappa shape index (κ2) is 6.75. The van der Waals surface area contributed by atoms with Crippen LogP contribution in [0.2, 0.25) is 0 Å². The van der Waals surface area contributed by atoms with Gasteiger partial charge in [-0.15, -0.1) is 0 Å². The number of carbonyl (C=O) groups is 2. The van der Waals surface area contributed by atoms with Crippen LogP contribution in [0.1, 0.15) is 17.5 Å². The van der Waals surface area contributed by atoms with Crippen molar-refractivity contribution < 1.29 is 19.8 Å². The molecule has 6 heteroatoms. The number of nitrogens with one attached hydrogen (secondary N) is 2. The highest BCUT2D eigenvalue weighted by Crippen LogP contribution is 2.13. The second-order valence-corrected chi connectivity index (χ2v) is 4.30. The molecule has 2 amide bonds. The minimum atomic E-state index is -1.18. The van der Waals surface area contributed by atoms with Gasteiger partial charge in [-0.3, -0.25) is 0 Å². The highest BCUT2D eigenvalue weighted by molar-refractivity contribution is 5.92. The van der Waals surface area contributed by atoms with Gasteiger partial charge in [0.25, 0.3) is 0 Å². The average molecular weight is 266 g/mol. The van der Waals surface area contributed by atoms with E-state index >= 15 is 0 Å². The zero-order valence-corrected chi connectivity index (χ0v) is 10.9. The molecule has 4 N–H and O–H groups in total. The number of amides is 2. The van der Waals surface area contributed by atoms with Crippen molar-refractivity contribution in [3.63, 3.8) is 0 Å². The summed E-state index contributed by atoms with van der Waals surface area (Å²) in [4.78, 5) is 22.5. The predicted molar refractivity (Wildman–Crippen MR) is 71.2 cm³/mol. The van der Waals surface area contributed by atoms with E-state index in [-0.39, 0.29) is 13.0 Å². The first-order chi connectivity index (χ1) is 8.93. The average Bonchev–Trinajstić information content (AvgIpc) is 2.33. The van der Waals surface area contributed by atoms with Gasteiger partial charge in [0.15, 0.2) is 0 Å². The first-order valence-corrected chi connectivity index (χ1v) is 5.92. The molecule has 0 spiro atoms. The number of aliphatic hydroxyl groups excluding tert-OH is 1. The van der Waals surface area contributed by atoms with E-state index in [9.17, 15) is 9.59 Å². The summed E-state index contributed by atoms with van der Waals surface area (Å²) >= 11 is 0. The molecular weight excluding hydrogens is 248 g/mol. The molecule has 0 bridgehead atoms. The van der Waals surface area contributed by atoms with E-state index in [1.165, 1.54) is 0 Å². The standard InChI is InChI=1S/C13H18N2O4/c1-8-3-4-10(7-9(8)2)14-13(19)15-11(5-6-16)12(17)18/h3-4,7,11,16H,5-6H2,1-2H3,(H,17,18)(H2,14,15,19)/t11-/m0/s1. The minimum Gasteiger partial charge on any atom is -0.480 e. The Morgan fingerprint density at radius 2 is 1.95 bits per heavy atom. The quantitative estimate of drug-likeness (QED) is 0.644. The number of hydrogen-bond donors (Lipinski definition) is 4. The van der Waals surface area contributed by atoms with Crippen molar-refractivity contribution in [3.8, 4) is 0 Å². The maximum absolute atomic E-state index is 11.6. The van der Waals surface area contributed by atoms with Crippen molar-refractivity contribution in [2.24, 2.45) is 0 Å².